The van der Waals surface area contributed by atoms with Gasteiger partial charge in [-0.3, -0.25) is 9.79 Å². The first-order valence-electron chi connectivity index (χ1n) is 7.71. The summed E-state index contributed by atoms with van der Waals surface area (Å²) in [6.45, 7) is 2.18. The molecule has 134 valence electrons. The largest absolute Gasteiger partial charge is 0.493 e. The van der Waals surface area contributed by atoms with Gasteiger partial charge < -0.3 is 25.4 Å². The lowest BCUT2D eigenvalue weighted by atomic mass is 10.3. The highest BCUT2D eigenvalue weighted by atomic mass is 127. The van der Waals surface area contributed by atoms with Crippen LogP contribution in [0.25, 0.3) is 0 Å². The number of aliphatic imine (C=N–C) groups is 1. The third-order valence-corrected chi connectivity index (χ3v) is 3.70. The van der Waals surface area contributed by atoms with Gasteiger partial charge in [0.25, 0.3) is 0 Å². The van der Waals surface area contributed by atoms with Gasteiger partial charge in [-0.15, -0.1) is 24.0 Å². The molecule has 7 nitrogen and oxygen atoms in total. The molecular weight excluding hydrogens is 423 g/mol. The zero-order chi connectivity index (χ0) is 16.7. The average Bonchev–Trinajstić information content (AvgIpc) is 2.96. The van der Waals surface area contributed by atoms with E-state index >= 15 is 0 Å². The van der Waals surface area contributed by atoms with Crippen molar-refractivity contribution in [3.05, 3.63) is 18.2 Å². The third kappa shape index (κ3) is 5.73. The van der Waals surface area contributed by atoms with Gasteiger partial charge in [-0.1, -0.05) is 0 Å². The van der Waals surface area contributed by atoms with E-state index in [1.807, 2.05) is 11.0 Å². The molecule has 1 heterocycles. The van der Waals surface area contributed by atoms with Crippen molar-refractivity contribution in [1.29, 1.82) is 0 Å². The van der Waals surface area contributed by atoms with E-state index in [0.29, 0.717) is 30.4 Å². The Morgan fingerprint density at radius 3 is 2.71 bits per heavy atom. The lowest BCUT2D eigenvalue weighted by Crippen LogP contribution is -2.27. The van der Waals surface area contributed by atoms with Crippen LogP contribution in [0.4, 0.5) is 5.69 Å². The van der Waals surface area contributed by atoms with Crippen molar-refractivity contribution in [2.75, 3.05) is 39.2 Å². The van der Waals surface area contributed by atoms with Crippen molar-refractivity contribution in [3.8, 4) is 11.5 Å². The van der Waals surface area contributed by atoms with E-state index < -0.39 is 0 Å². The predicted octanol–water partition coefficient (Wildman–Crippen LogP) is 2.06. The predicted molar refractivity (Wildman–Crippen MR) is 106 cm³/mol. The number of guanidine groups is 1. The molecule has 0 atom stereocenters. The van der Waals surface area contributed by atoms with Gasteiger partial charge in [-0.25, -0.2) is 0 Å². The van der Waals surface area contributed by atoms with E-state index in [1.54, 1.807) is 26.4 Å². The maximum absolute atomic E-state index is 11.5. The summed E-state index contributed by atoms with van der Waals surface area (Å²) in [5, 5.41) is 3.02. The minimum Gasteiger partial charge on any atom is -0.493 e. The highest BCUT2D eigenvalue weighted by Gasteiger charge is 2.18. The molecule has 1 aromatic rings. The Morgan fingerprint density at radius 1 is 1.33 bits per heavy atom. The second-order valence-corrected chi connectivity index (χ2v) is 5.30. The minimum atomic E-state index is 0. The number of carbonyl (C=O) groups is 1. The SMILES string of the molecule is COc1ccc(NC(N)=NCCCN2CCCC2=O)cc1OC.I. The molecule has 1 aliphatic heterocycles. The molecule has 3 N–H and O–H groups in total. The number of anilines is 1. The van der Waals surface area contributed by atoms with Gasteiger partial charge in [0.05, 0.1) is 14.2 Å². The highest BCUT2D eigenvalue weighted by molar-refractivity contribution is 14.0. The molecule has 8 heteroatoms. The van der Waals surface area contributed by atoms with Crippen LogP contribution in [-0.4, -0.2) is 50.6 Å². The molecule has 0 spiro atoms. The van der Waals surface area contributed by atoms with Gasteiger partial charge >= 0.3 is 0 Å². The Kier molecular flexibility index (Phi) is 8.66. The van der Waals surface area contributed by atoms with Gasteiger partial charge in [0.1, 0.15) is 0 Å². The number of hydrogen-bond acceptors (Lipinski definition) is 4. The number of likely N-dealkylation sites (tertiary alicyclic amines) is 1. The maximum Gasteiger partial charge on any atom is 0.222 e. The molecule has 24 heavy (non-hydrogen) atoms. The Bertz CT molecular complexity index is 580. The number of amides is 1. The Morgan fingerprint density at radius 2 is 2.08 bits per heavy atom. The summed E-state index contributed by atoms with van der Waals surface area (Å²) in [4.78, 5) is 17.6. The summed E-state index contributed by atoms with van der Waals surface area (Å²) in [6.07, 6.45) is 2.44. The Balaban J connectivity index is 0.00000288. The summed E-state index contributed by atoms with van der Waals surface area (Å²) < 4.78 is 10.4. The molecular formula is C16H25IN4O3. The lowest BCUT2D eigenvalue weighted by molar-refractivity contribution is -0.127. The molecule has 0 bridgehead atoms. The summed E-state index contributed by atoms with van der Waals surface area (Å²) in [5.74, 6) is 1.86. The second kappa shape index (κ2) is 10.2. The quantitative estimate of drug-likeness (QED) is 0.289. The number of rotatable bonds is 7. The van der Waals surface area contributed by atoms with Crippen molar-refractivity contribution in [2.24, 2.45) is 10.7 Å². The standard InChI is InChI=1S/C16H24N4O3.HI/c1-22-13-7-6-12(11-14(13)23-2)19-16(17)18-8-4-10-20-9-3-5-15(20)21;/h6-7,11H,3-5,8-10H2,1-2H3,(H3,17,18,19);1H. The van der Waals surface area contributed by atoms with Crippen molar-refractivity contribution < 1.29 is 14.3 Å². The van der Waals surface area contributed by atoms with Crippen molar-refractivity contribution >= 4 is 41.5 Å². The fourth-order valence-electron chi connectivity index (χ4n) is 2.50. The molecule has 1 fully saturated rings. The number of halogens is 1. The molecule has 2 rings (SSSR count). The summed E-state index contributed by atoms with van der Waals surface area (Å²) in [7, 11) is 3.17. The van der Waals surface area contributed by atoms with Crippen molar-refractivity contribution in [3.63, 3.8) is 0 Å². The molecule has 1 amide bonds. The monoisotopic (exact) mass is 448 g/mol. The molecule has 0 radical (unpaired) electrons. The molecule has 1 saturated heterocycles. The van der Waals surface area contributed by atoms with Crippen molar-refractivity contribution in [2.45, 2.75) is 19.3 Å². The number of ether oxygens (including phenoxy) is 2. The van der Waals surface area contributed by atoms with E-state index in [2.05, 4.69) is 10.3 Å². The van der Waals surface area contributed by atoms with Crippen LogP contribution in [0.3, 0.4) is 0 Å². The maximum atomic E-state index is 11.5. The number of nitrogens with zero attached hydrogens (tertiary/aromatic N) is 2. The molecule has 1 aliphatic rings. The van der Waals surface area contributed by atoms with Crippen LogP contribution in [0.5, 0.6) is 11.5 Å². The molecule has 0 unspecified atom stereocenters. The normalized spacial score (nSPS) is 14.3. The van der Waals surface area contributed by atoms with Crippen LogP contribution in [0, 0.1) is 0 Å². The van der Waals surface area contributed by atoms with Crippen LogP contribution in [0.1, 0.15) is 19.3 Å². The van der Waals surface area contributed by atoms with Gasteiger partial charge in [0, 0.05) is 37.8 Å². The number of nitrogens with two attached hydrogens (primary N) is 1. The fraction of sp³-hybridized carbons (Fsp3) is 0.500. The zero-order valence-electron chi connectivity index (χ0n) is 14.1. The second-order valence-electron chi connectivity index (χ2n) is 5.30. The number of nitrogens with one attached hydrogen (secondary N) is 1. The Hall–Kier alpha value is -1.71. The highest BCUT2D eigenvalue weighted by Crippen LogP contribution is 2.29. The van der Waals surface area contributed by atoms with Crippen LogP contribution in [-0.2, 0) is 4.79 Å². The third-order valence-electron chi connectivity index (χ3n) is 3.70. The van der Waals surface area contributed by atoms with Crippen LogP contribution < -0.4 is 20.5 Å². The molecule has 0 aliphatic carbocycles. The van der Waals surface area contributed by atoms with Crippen molar-refractivity contribution in [1.82, 2.24) is 4.90 Å². The molecule has 1 aromatic carbocycles. The topological polar surface area (TPSA) is 89.2 Å². The summed E-state index contributed by atoms with van der Waals surface area (Å²) in [6, 6.07) is 5.43. The summed E-state index contributed by atoms with van der Waals surface area (Å²) >= 11 is 0. The van der Waals surface area contributed by atoms with E-state index in [9.17, 15) is 4.79 Å². The number of methoxy groups -OCH3 is 2. The van der Waals surface area contributed by atoms with Crippen LogP contribution in [0.2, 0.25) is 0 Å². The molecule has 0 aromatic heterocycles. The first-order valence-corrected chi connectivity index (χ1v) is 7.71. The minimum absolute atomic E-state index is 0. The smallest absolute Gasteiger partial charge is 0.222 e. The van der Waals surface area contributed by atoms with E-state index in [1.165, 1.54) is 0 Å². The fourth-order valence-corrected chi connectivity index (χ4v) is 2.50. The molecule has 0 saturated carbocycles. The number of carbonyl (C=O) groups excluding carboxylic acids is 1. The zero-order valence-corrected chi connectivity index (χ0v) is 16.4. The van der Waals surface area contributed by atoms with Crippen LogP contribution >= 0.6 is 24.0 Å². The Labute approximate surface area is 159 Å². The van der Waals surface area contributed by atoms with Gasteiger partial charge in [0.15, 0.2) is 17.5 Å². The number of hydrogen-bond donors (Lipinski definition) is 2. The van der Waals surface area contributed by atoms with E-state index in [4.69, 9.17) is 15.2 Å². The van der Waals surface area contributed by atoms with Gasteiger partial charge in [-0.05, 0) is 25.0 Å². The summed E-state index contributed by atoms with van der Waals surface area (Å²) in [5.41, 5.74) is 6.65. The van der Waals surface area contributed by atoms with E-state index in [-0.39, 0.29) is 29.9 Å². The average molecular weight is 448 g/mol. The van der Waals surface area contributed by atoms with Gasteiger partial charge in [0.2, 0.25) is 5.91 Å². The first-order chi connectivity index (χ1) is 11.1. The number of benzene rings is 1. The van der Waals surface area contributed by atoms with E-state index in [0.717, 1.165) is 31.6 Å². The lowest BCUT2D eigenvalue weighted by Gasteiger charge is -2.14. The van der Waals surface area contributed by atoms with Gasteiger partial charge in [-0.2, -0.15) is 0 Å². The first kappa shape index (κ1) is 20.3. The van der Waals surface area contributed by atoms with Crippen LogP contribution in [0.15, 0.2) is 23.2 Å².